The zero-order valence-corrected chi connectivity index (χ0v) is 14.9. The first kappa shape index (κ1) is 17.6. The number of methoxy groups -OCH3 is 1. The monoisotopic (exact) mass is 379 g/mol. The summed E-state index contributed by atoms with van der Waals surface area (Å²) in [7, 11) is 1.62. The molecule has 0 aliphatic carbocycles. The van der Waals surface area contributed by atoms with Gasteiger partial charge in [0.25, 0.3) is 5.91 Å². The molecular formula is C16H15Cl2N5O2. The molecule has 0 atom stereocenters. The first-order chi connectivity index (χ1) is 12.1. The lowest BCUT2D eigenvalue weighted by Gasteiger charge is -2.09. The number of rotatable bonds is 6. The maximum Gasteiger partial charge on any atom is 0.271 e. The number of ether oxygens (including phenoxy) is 1. The van der Waals surface area contributed by atoms with Crippen LogP contribution in [-0.4, -0.2) is 46.0 Å². The Labute approximate surface area is 153 Å². The number of nitrogens with zero attached hydrogens (tertiary/aromatic N) is 4. The minimum absolute atomic E-state index is 0.241. The number of nitrogens with one attached hydrogen (secondary N) is 1. The summed E-state index contributed by atoms with van der Waals surface area (Å²) in [4.78, 5) is 12.4. The quantitative estimate of drug-likeness (QED) is 0.665. The summed E-state index contributed by atoms with van der Waals surface area (Å²) in [6.07, 6.45) is 2.15. The van der Waals surface area contributed by atoms with E-state index in [1.165, 1.54) is 10.8 Å². The third kappa shape index (κ3) is 3.89. The average molecular weight is 380 g/mol. The Balaban J connectivity index is 1.98. The lowest BCUT2D eigenvalue weighted by atomic mass is 10.1. The average Bonchev–Trinajstić information content (AvgIpc) is 3.06. The number of fused-ring (bicyclic) bond motifs is 1. The van der Waals surface area contributed by atoms with E-state index in [0.29, 0.717) is 46.4 Å². The maximum absolute atomic E-state index is 12.4. The molecule has 25 heavy (non-hydrogen) atoms. The number of carbonyl (C=O) groups excluding carboxylic acids is 1. The van der Waals surface area contributed by atoms with E-state index in [1.807, 2.05) is 0 Å². The van der Waals surface area contributed by atoms with Crippen molar-refractivity contribution in [1.29, 1.82) is 0 Å². The topological polar surface area (TPSA) is 81.4 Å². The number of hydrogen-bond donors (Lipinski definition) is 1. The van der Waals surface area contributed by atoms with E-state index in [2.05, 4.69) is 20.6 Å². The summed E-state index contributed by atoms with van der Waals surface area (Å²) >= 11 is 12.3. The zero-order valence-electron chi connectivity index (χ0n) is 13.4. The Kier molecular flexibility index (Phi) is 5.47. The molecule has 130 valence electrons. The molecule has 0 fully saturated rings. The second kappa shape index (κ2) is 7.77. The van der Waals surface area contributed by atoms with Crippen LogP contribution in [0.3, 0.4) is 0 Å². The van der Waals surface area contributed by atoms with Gasteiger partial charge in [-0.1, -0.05) is 29.3 Å². The van der Waals surface area contributed by atoms with E-state index in [0.717, 1.165) is 0 Å². The van der Waals surface area contributed by atoms with Gasteiger partial charge in [-0.25, -0.2) is 0 Å². The van der Waals surface area contributed by atoms with Gasteiger partial charge in [0.15, 0.2) is 5.65 Å². The van der Waals surface area contributed by atoms with Crippen molar-refractivity contribution in [3.8, 4) is 11.1 Å². The fourth-order valence-electron chi connectivity index (χ4n) is 2.35. The molecule has 1 amide bonds. The largest absolute Gasteiger partial charge is 0.385 e. The van der Waals surface area contributed by atoms with Crippen molar-refractivity contribution in [1.82, 2.24) is 25.1 Å². The second-order valence-corrected chi connectivity index (χ2v) is 6.11. The summed E-state index contributed by atoms with van der Waals surface area (Å²) in [5.41, 5.74) is 2.09. The summed E-state index contributed by atoms with van der Waals surface area (Å²) < 4.78 is 6.41. The summed E-state index contributed by atoms with van der Waals surface area (Å²) in [5.74, 6) is -0.293. The third-order valence-electron chi connectivity index (χ3n) is 3.53. The van der Waals surface area contributed by atoms with Crippen LogP contribution in [0.4, 0.5) is 0 Å². The Morgan fingerprint density at radius 1 is 1.28 bits per heavy atom. The van der Waals surface area contributed by atoms with Gasteiger partial charge in [-0.05, 0) is 24.6 Å². The lowest BCUT2D eigenvalue weighted by Crippen LogP contribution is -2.26. The molecule has 1 N–H and O–H groups in total. The first-order valence-electron chi connectivity index (χ1n) is 7.54. The Bertz CT molecular complexity index is 913. The molecular weight excluding hydrogens is 365 g/mol. The molecule has 3 rings (SSSR count). The summed E-state index contributed by atoms with van der Waals surface area (Å²) in [6, 6.07) is 6.77. The highest BCUT2D eigenvalue weighted by Crippen LogP contribution is 2.32. The SMILES string of the molecule is COCCCNC(=O)c1cc(-c2ccc(Cl)cc2Cl)c2nncn2n1. The van der Waals surface area contributed by atoms with Crippen molar-refractivity contribution in [3.05, 3.63) is 46.3 Å². The molecule has 7 nitrogen and oxygen atoms in total. The highest BCUT2D eigenvalue weighted by molar-refractivity contribution is 6.36. The predicted octanol–water partition coefficient (Wildman–Crippen LogP) is 2.86. The molecule has 0 saturated carbocycles. The van der Waals surface area contributed by atoms with Crippen LogP contribution >= 0.6 is 23.2 Å². The van der Waals surface area contributed by atoms with Gasteiger partial charge in [0.2, 0.25) is 0 Å². The van der Waals surface area contributed by atoms with Crippen LogP contribution in [0.1, 0.15) is 16.9 Å². The molecule has 0 saturated heterocycles. The van der Waals surface area contributed by atoms with Gasteiger partial charge in [0.1, 0.15) is 12.0 Å². The number of amides is 1. The van der Waals surface area contributed by atoms with Crippen molar-refractivity contribution in [2.75, 3.05) is 20.3 Å². The van der Waals surface area contributed by atoms with Crippen molar-refractivity contribution in [3.63, 3.8) is 0 Å². The van der Waals surface area contributed by atoms with Crippen molar-refractivity contribution < 1.29 is 9.53 Å². The van der Waals surface area contributed by atoms with Crippen molar-refractivity contribution >= 4 is 34.8 Å². The fraction of sp³-hybridized carbons (Fsp3) is 0.250. The normalized spacial score (nSPS) is 11.0. The highest BCUT2D eigenvalue weighted by atomic mass is 35.5. The van der Waals surface area contributed by atoms with E-state index in [4.69, 9.17) is 27.9 Å². The second-order valence-electron chi connectivity index (χ2n) is 5.27. The Hall–Kier alpha value is -2.22. The molecule has 0 aliphatic rings. The molecule has 0 radical (unpaired) electrons. The van der Waals surface area contributed by atoms with Crippen molar-refractivity contribution in [2.45, 2.75) is 6.42 Å². The molecule has 0 bridgehead atoms. The van der Waals surface area contributed by atoms with Crippen LogP contribution in [0.15, 0.2) is 30.6 Å². The van der Waals surface area contributed by atoms with Crippen LogP contribution in [0.25, 0.3) is 16.8 Å². The minimum Gasteiger partial charge on any atom is -0.385 e. The zero-order chi connectivity index (χ0) is 17.8. The predicted molar refractivity (Wildman–Crippen MR) is 95.1 cm³/mol. The molecule has 0 spiro atoms. The van der Waals surface area contributed by atoms with E-state index < -0.39 is 0 Å². The summed E-state index contributed by atoms with van der Waals surface area (Å²) in [5, 5.41) is 15.9. The Morgan fingerprint density at radius 2 is 2.12 bits per heavy atom. The molecule has 2 aromatic heterocycles. The van der Waals surface area contributed by atoms with E-state index in [1.54, 1.807) is 31.4 Å². The molecule has 9 heteroatoms. The number of halogens is 2. The van der Waals surface area contributed by atoms with Gasteiger partial charge in [-0.3, -0.25) is 4.79 Å². The van der Waals surface area contributed by atoms with E-state index in [-0.39, 0.29) is 11.6 Å². The van der Waals surface area contributed by atoms with Gasteiger partial charge < -0.3 is 10.1 Å². The van der Waals surface area contributed by atoms with Crippen LogP contribution in [0, 0.1) is 0 Å². The lowest BCUT2D eigenvalue weighted by molar-refractivity contribution is 0.0942. The van der Waals surface area contributed by atoms with Gasteiger partial charge in [-0.15, -0.1) is 10.2 Å². The van der Waals surface area contributed by atoms with Crippen LogP contribution in [0.5, 0.6) is 0 Å². The fourth-order valence-corrected chi connectivity index (χ4v) is 2.86. The Morgan fingerprint density at radius 3 is 2.88 bits per heavy atom. The molecule has 1 aromatic carbocycles. The van der Waals surface area contributed by atoms with E-state index >= 15 is 0 Å². The van der Waals surface area contributed by atoms with Crippen LogP contribution in [0.2, 0.25) is 10.0 Å². The smallest absolute Gasteiger partial charge is 0.271 e. The molecule has 3 aromatic rings. The van der Waals surface area contributed by atoms with Gasteiger partial charge in [0, 0.05) is 36.4 Å². The van der Waals surface area contributed by atoms with Gasteiger partial charge in [0.05, 0.1) is 5.02 Å². The number of carbonyl (C=O) groups is 1. The summed E-state index contributed by atoms with van der Waals surface area (Å²) in [6.45, 7) is 1.06. The first-order valence-corrected chi connectivity index (χ1v) is 8.29. The van der Waals surface area contributed by atoms with Crippen LogP contribution < -0.4 is 5.32 Å². The third-order valence-corrected chi connectivity index (χ3v) is 4.08. The number of hydrogen-bond acceptors (Lipinski definition) is 5. The maximum atomic E-state index is 12.4. The van der Waals surface area contributed by atoms with E-state index in [9.17, 15) is 4.79 Å². The van der Waals surface area contributed by atoms with Crippen LogP contribution in [-0.2, 0) is 4.74 Å². The number of benzene rings is 1. The molecule has 2 heterocycles. The highest BCUT2D eigenvalue weighted by Gasteiger charge is 2.16. The van der Waals surface area contributed by atoms with Gasteiger partial charge in [-0.2, -0.15) is 9.61 Å². The standard InChI is InChI=1S/C16H15Cl2N5O2/c1-25-6-2-5-19-16(24)14-8-12(15-21-20-9-23(15)22-14)11-4-3-10(17)7-13(11)18/h3-4,7-9H,2,5-6H2,1H3,(H,19,24). The molecule has 0 aliphatic heterocycles. The van der Waals surface area contributed by atoms with Crippen molar-refractivity contribution in [2.24, 2.45) is 0 Å². The number of aromatic nitrogens is 4. The molecule has 0 unspecified atom stereocenters. The minimum atomic E-state index is -0.293. The van der Waals surface area contributed by atoms with Gasteiger partial charge >= 0.3 is 0 Å².